The summed E-state index contributed by atoms with van der Waals surface area (Å²) < 4.78 is 32.3. The van der Waals surface area contributed by atoms with Gasteiger partial charge in [-0.25, -0.2) is 0 Å². The predicted molar refractivity (Wildman–Crippen MR) is 125 cm³/mol. The van der Waals surface area contributed by atoms with Crippen LogP contribution in [0.3, 0.4) is 0 Å². The summed E-state index contributed by atoms with van der Waals surface area (Å²) >= 11 is 0. The van der Waals surface area contributed by atoms with Crippen molar-refractivity contribution in [3.63, 3.8) is 0 Å². The monoisotopic (exact) mass is 522 g/mol. The maximum absolute atomic E-state index is 12.9. The molecule has 0 radical (unpaired) electrons. The highest BCUT2D eigenvalue weighted by molar-refractivity contribution is 5.95. The molecule has 3 aromatic rings. The lowest BCUT2D eigenvalue weighted by Gasteiger charge is -2.39. The van der Waals surface area contributed by atoms with Crippen LogP contribution in [0.4, 0.5) is 0 Å². The number of rotatable bonds is 7. The Kier molecular flexibility index (Phi) is 7.34. The Morgan fingerprint density at radius 2 is 1.57 bits per heavy atom. The molecule has 37 heavy (non-hydrogen) atoms. The summed E-state index contributed by atoms with van der Waals surface area (Å²) in [4.78, 5) is 12.9. The van der Waals surface area contributed by atoms with Crippen molar-refractivity contribution in [2.45, 2.75) is 30.7 Å². The number of aromatic hydroxyl groups is 2. The van der Waals surface area contributed by atoms with Crippen LogP contribution in [0.1, 0.15) is 0 Å². The van der Waals surface area contributed by atoms with Crippen LogP contribution in [0, 0.1) is 0 Å². The van der Waals surface area contributed by atoms with Crippen LogP contribution in [0.25, 0.3) is 22.3 Å². The molecule has 1 aliphatic heterocycles. The summed E-state index contributed by atoms with van der Waals surface area (Å²) in [5, 5.41) is 60.1. The molecule has 13 heteroatoms. The fourth-order valence-corrected chi connectivity index (χ4v) is 4.05. The summed E-state index contributed by atoms with van der Waals surface area (Å²) in [5.41, 5.74) is -0.541. The smallest absolute Gasteiger partial charge is 0.229 e. The first-order chi connectivity index (χ1) is 17.7. The summed E-state index contributed by atoms with van der Waals surface area (Å²) in [6.07, 6.45) is -7.42. The predicted octanol–water partition coefficient (Wildman–Crippen LogP) is 0.0757. The van der Waals surface area contributed by atoms with Gasteiger partial charge in [-0.05, 0) is 18.2 Å². The number of phenolic OH excluding ortho intramolecular Hbond substituents is 2. The van der Waals surface area contributed by atoms with E-state index >= 15 is 0 Å². The zero-order valence-corrected chi connectivity index (χ0v) is 19.9. The van der Waals surface area contributed by atoms with Crippen molar-refractivity contribution in [1.29, 1.82) is 0 Å². The Hall–Kier alpha value is -3.75. The molecule has 6 N–H and O–H groups in total. The van der Waals surface area contributed by atoms with Crippen molar-refractivity contribution in [2.75, 3.05) is 27.9 Å². The molecule has 0 bridgehead atoms. The van der Waals surface area contributed by atoms with E-state index in [1.807, 2.05) is 0 Å². The van der Waals surface area contributed by atoms with Gasteiger partial charge in [0, 0.05) is 11.6 Å². The number of benzene rings is 2. The molecular formula is C24H26O13. The van der Waals surface area contributed by atoms with Gasteiger partial charge in [-0.1, -0.05) is 0 Å². The topological polar surface area (TPSA) is 198 Å². The van der Waals surface area contributed by atoms with Crippen LogP contribution in [0.5, 0.6) is 34.5 Å². The largest absolute Gasteiger partial charge is 0.504 e. The van der Waals surface area contributed by atoms with Gasteiger partial charge in [0.15, 0.2) is 28.3 Å². The number of hydrogen-bond acceptors (Lipinski definition) is 13. The van der Waals surface area contributed by atoms with E-state index in [-0.39, 0.29) is 39.7 Å². The third kappa shape index (κ3) is 4.47. The summed E-state index contributed by atoms with van der Waals surface area (Å²) in [6, 6.07) is 5.46. The quantitative estimate of drug-likeness (QED) is 0.244. The minimum absolute atomic E-state index is 0.0254. The fourth-order valence-electron chi connectivity index (χ4n) is 4.05. The molecule has 4 rings (SSSR count). The number of aliphatic hydroxyl groups is 4. The maximum atomic E-state index is 12.9. The standard InChI is InChI=1S/C24H26O13/c1-32-13-6-9(4-5-11(13)36-24-19(30)18(29)16(27)14(8-25)37-24)12-7-10(26)15-17(28)22(33-2)20(31)23(34-3)21(15)35-12/h4-7,14,16,18-19,24-25,27-31H,8H2,1-3H3/t14-,16-,18-,19-,24-/m0/s1. The van der Waals surface area contributed by atoms with Gasteiger partial charge in [-0.3, -0.25) is 4.79 Å². The molecule has 0 unspecified atom stereocenters. The molecule has 1 saturated heterocycles. The number of ether oxygens (including phenoxy) is 5. The molecule has 0 saturated carbocycles. The van der Waals surface area contributed by atoms with Gasteiger partial charge in [0.05, 0.1) is 27.9 Å². The Bertz CT molecular complexity index is 1350. The molecule has 2 aromatic carbocycles. The first-order valence-electron chi connectivity index (χ1n) is 11.0. The zero-order valence-electron chi connectivity index (χ0n) is 19.9. The van der Waals surface area contributed by atoms with Gasteiger partial charge < -0.3 is 58.7 Å². The van der Waals surface area contributed by atoms with E-state index < -0.39 is 54.2 Å². The first-order valence-corrected chi connectivity index (χ1v) is 11.0. The highest BCUT2D eigenvalue weighted by atomic mass is 16.7. The van der Waals surface area contributed by atoms with Gasteiger partial charge in [0.2, 0.25) is 23.5 Å². The first kappa shape index (κ1) is 26.3. The van der Waals surface area contributed by atoms with E-state index in [1.165, 1.54) is 39.5 Å². The average Bonchev–Trinajstić information content (AvgIpc) is 2.89. The molecular weight excluding hydrogens is 496 g/mol. The Labute approximate surface area is 209 Å². The molecule has 5 atom stereocenters. The van der Waals surface area contributed by atoms with Crippen molar-refractivity contribution in [3.05, 3.63) is 34.5 Å². The van der Waals surface area contributed by atoms with Crippen LogP contribution < -0.4 is 24.4 Å². The minimum Gasteiger partial charge on any atom is -0.504 e. The van der Waals surface area contributed by atoms with Crippen molar-refractivity contribution in [3.8, 4) is 45.8 Å². The van der Waals surface area contributed by atoms with Gasteiger partial charge in [-0.2, -0.15) is 0 Å². The molecule has 0 amide bonds. The van der Waals surface area contributed by atoms with Crippen LogP contribution >= 0.6 is 0 Å². The average molecular weight is 522 g/mol. The van der Waals surface area contributed by atoms with E-state index in [2.05, 4.69) is 0 Å². The Morgan fingerprint density at radius 3 is 2.19 bits per heavy atom. The minimum atomic E-state index is -1.63. The van der Waals surface area contributed by atoms with Gasteiger partial charge in [-0.15, -0.1) is 0 Å². The second-order valence-corrected chi connectivity index (χ2v) is 8.12. The lowest BCUT2D eigenvalue weighted by atomic mass is 9.99. The Balaban J connectivity index is 1.74. The lowest BCUT2D eigenvalue weighted by molar-refractivity contribution is -0.277. The van der Waals surface area contributed by atoms with E-state index in [1.54, 1.807) is 0 Å². The molecule has 200 valence electrons. The highest BCUT2D eigenvalue weighted by Gasteiger charge is 2.45. The van der Waals surface area contributed by atoms with Gasteiger partial charge in [0.1, 0.15) is 35.6 Å². The maximum Gasteiger partial charge on any atom is 0.229 e. The number of methoxy groups -OCH3 is 3. The van der Waals surface area contributed by atoms with E-state index in [9.17, 15) is 35.4 Å². The second-order valence-electron chi connectivity index (χ2n) is 8.12. The highest BCUT2D eigenvalue weighted by Crippen LogP contribution is 2.49. The van der Waals surface area contributed by atoms with Crippen LogP contribution in [0.2, 0.25) is 0 Å². The summed E-state index contributed by atoms with van der Waals surface area (Å²) in [6.45, 7) is -0.623. The normalized spacial score (nSPS) is 23.6. The summed E-state index contributed by atoms with van der Waals surface area (Å²) in [5.74, 6) is -1.54. The van der Waals surface area contributed by atoms with Crippen molar-refractivity contribution in [2.24, 2.45) is 0 Å². The molecule has 1 fully saturated rings. The van der Waals surface area contributed by atoms with Gasteiger partial charge >= 0.3 is 0 Å². The number of phenols is 2. The van der Waals surface area contributed by atoms with E-state index in [0.29, 0.717) is 5.56 Å². The van der Waals surface area contributed by atoms with Gasteiger partial charge in [0.25, 0.3) is 0 Å². The number of fused-ring (bicyclic) bond motifs is 1. The van der Waals surface area contributed by atoms with Crippen LogP contribution in [0.15, 0.2) is 33.5 Å². The van der Waals surface area contributed by atoms with Crippen molar-refractivity contribution in [1.82, 2.24) is 0 Å². The van der Waals surface area contributed by atoms with Crippen molar-refractivity contribution < 1.29 is 58.7 Å². The van der Waals surface area contributed by atoms with Crippen LogP contribution in [-0.2, 0) is 4.74 Å². The molecule has 0 spiro atoms. The second kappa shape index (κ2) is 10.3. The van der Waals surface area contributed by atoms with E-state index in [4.69, 9.17) is 28.1 Å². The molecule has 0 aliphatic carbocycles. The SMILES string of the molecule is COc1cc(-c2cc(=O)c3c(O)c(OC)c(O)c(OC)c3o2)ccc1O[C@H]1O[C@@H](CO)[C@H](O)[C@H](O)[C@@H]1O. The molecule has 13 nitrogen and oxygen atoms in total. The zero-order chi connectivity index (χ0) is 27.0. The Morgan fingerprint density at radius 1 is 0.865 bits per heavy atom. The van der Waals surface area contributed by atoms with E-state index in [0.717, 1.165) is 6.07 Å². The summed E-state index contributed by atoms with van der Waals surface area (Å²) in [7, 11) is 3.78. The third-order valence-corrected chi connectivity index (χ3v) is 5.98. The molecule has 1 aromatic heterocycles. The van der Waals surface area contributed by atoms with Crippen LogP contribution in [-0.4, -0.2) is 89.3 Å². The lowest BCUT2D eigenvalue weighted by Crippen LogP contribution is -2.60. The number of hydrogen-bond donors (Lipinski definition) is 6. The molecule has 1 aliphatic rings. The van der Waals surface area contributed by atoms with Crippen molar-refractivity contribution >= 4 is 11.0 Å². The number of aliphatic hydroxyl groups excluding tert-OH is 4. The fraction of sp³-hybridized carbons (Fsp3) is 0.375. The third-order valence-electron chi connectivity index (χ3n) is 5.98. The molecule has 2 heterocycles.